The van der Waals surface area contributed by atoms with Gasteiger partial charge in [0, 0.05) is 24.1 Å². The summed E-state index contributed by atoms with van der Waals surface area (Å²) in [4.78, 5) is 21.9. The monoisotopic (exact) mass is 241 g/mol. The number of ether oxygens (including phenoxy) is 1. The molecule has 0 aliphatic rings. The summed E-state index contributed by atoms with van der Waals surface area (Å²) in [6.07, 6.45) is 0. The predicted molar refractivity (Wildman–Crippen MR) is 60.7 cm³/mol. The van der Waals surface area contributed by atoms with Gasteiger partial charge in [-0.1, -0.05) is 0 Å². The standard InChI is InChI=1S/C10H11NO4S/c1-15-6-9(12)7-16-10-4-2-8(3-5-10)11(13)14/h2-5H,6-7H2,1H3. The summed E-state index contributed by atoms with van der Waals surface area (Å²) >= 11 is 1.34. The molecule has 0 radical (unpaired) electrons. The number of rotatable bonds is 6. The molecule has 1 aromatic rings. The second kappa shape index (κ2) is 6.24. The van der Waals surface area contributed by atoms with Gasteiger partial charge in [-0.15, -0.1) is 11.8 Å². The first-order valence-electron chi connectivity index (χ1n) is 4.51. The first kappa shape index (κ1) is 12.7. The smallest absolute Gasteiger partial charge is 0.269 e. The van der Waals surface area contributed by atoms with Gasteiger partial charge in [-0.2, -0.15) is 0 Å². The van der Waals surface area contributed by atoms with Crippen LogP contribution in [0.3, 0.4) is 0 Å². The van der Waals surface area contributed by atoms with Crippen molar-refractivity contribution in [2.45, 2.75) is 4.90 Å². The number of ketones is 1. The number of hydrogen-bond acceptors (Lipinski definition) is 5. The highest BCUT2D eigenvalue weighted by atomic mass is 32.2. The minimum Gasteiger partial charge on any atom is -0.377 e. The zero-order valence-electron chi connectivity index (χ0n) is 8.71. The fourth-order valence-corrected chi connectivity index (χ4v) is 1.77. The van der Waals surface area contributed by atoms with E-state index in [1.165, 1.54) is 31.0 Å². The second-order valence-corrected chi connectivity index (χ2v) is 4.06. The van der Waals surface area contributed by atoms with Crippen LogP contribution in [0.5, 0.6) is 0 Å². The molecule has 0 aliphatic heterocycles. The lowest BCUT2D eigenvalue weighted by Gasteiger charge is -2.00. The topological polar surface area (TPSA) is 69.4 Å². The van der Waals surface area contributed by atoms with E-state index in [-0.39, 0.29) is 18.1 Å². The third-order valence-electron chi connectivity index (χ3n) is 1.75. The average Bonchev–Trinajstić information content (AvgIpc) is 2.27. The molecular weight excluding hydrogens is 230 g/mol. The lowest BCUT2D eigenvalue weighted by molar-refractivity contribution is -0.384. The molecule has 0 amide bonds. The molecule has 0 spiro atoms. The van der Waals surface area contributed by atoms with Crippen LogP contribution in [-0.2, 0) is 9.53 Å². The van der Waals surface area contributed by atoms with E-state index in [1.54, 1.807) is 12.1 Å². The summed E-state index contributed by atoms with van der Waals surface area (Å²) < 4.78 is 4.69. The first-order chi connectivity index (χ1) is 7.63. The van der Waals surface area contributed by atoms with Gasteiger partial charge >= 0.3 is 0 Å². The van der Waals surface area contributed by atoms with Gasteiger partial charge in [0.15, 0.2) is 5.78 Å². The molecule has 0 unspecified atom stereocenters. The zero-order chi connectivity index (χ0) is 12.0. The Morgan fingerprint density at radius 3 is 2.56 bits per heavy atom. The van der Waals surface area contributed by atoms with Crippen molar-refractivity contribution in [3.63, 3.8) is 0 Å². The predicted octanol–water partition coefficient (Wildman–Crippen LogP) is 1.90. The van der Waals surface area contributed by atoms with Gasteiger partial charge in [0.1, 0.15) is 6.61 Å². The third kappa shape index (κ3) is 4.00. The number of carbonyl (C=O) groups excluding carboxylic acids is 1. The van der Waals surface area contributed by atoms with E-state index >= 15 is 0 Å². The minimum absolute atomic E-state index is 0.00847. The van der Waals surface area contributed by atoms with Crippen molar-refractivity contribution >= 4 is 23.2 Å². The molecule has 0 fully saturated rings. The van der Waals surface area contributed by atoms with E-state index in [0.29, 0.717) is 5.75 Å². The van der Waals surface area contributed by atoms with Crippen LogP contribution in [0.2, 0.25) is 0 Å². The number of non-ortho nitro benzene ring substituents is 1. The number of hydrogen-bond donors (Lipinski definition) is 0. The first-order valence-corrected chi connectivity index (χ1v) is 5.50. The van der Waals surface area contributed by atoms with Crippen LogP contribution in [0.15, 0.2) is 29.2 Å². The molecule has 6 heteroatoms. The van der Waals surface area contributed by atoms with Crippen LogP contribution in [0.4, 0.5) is 5.69 Å². The molecule has 86 valence electrons. The highest BCUT2D eigenvalue weighted by Crippen LogP contribution is 2.21. The van der Waals surface area contributed by atoms with Gasteiger partial charge in [0.05, 0.1) is 10.7 Å². The van der Waals surface area contributed by atoms with Gasteiger partial charge in [-0.3, -0.25) is 14.9 Å². The lowest BCUT2D eigenvalue weighted by Crippen LogP contribution is -2.08. The normalized spacial score (nSPS) is 10.1. The number of nitrogens with zero attached hydrogens (tertiary/aromatic N) is 1. The van der Waals surface area contributed by atoms with E-state index < -0.39 is 4.92 Å². The van der Waals surface area contributed by atoms with Gasteiger partial charge in [-0.25, -0.2) is 0 Å². The Bertz CT molecular complexity index is 377. The zero-order valence-corrected chi connectivity index (χ0v) is 9.53. The average molecular weight is 241 g/mol. The van der Waals surface area contributed by atoms with Crippen LogP contribution >= 0.6 is 11.8 Å². The number of carbonyl (C=O) groups is 1. The van der Waals surface area contributed by atoms with E-state index in [2.05, 4.69) is 0 Å². The van der Waals surface area contributed by atoms with Crippen molar-refractivity contribution in [1.82, 2.24) is 0 Å². The Morgan fingerprint density at radius 2 is 2.06 bits per heavy atom. The summed E-state index contributed by atoms with van der Waals surface area (Å²) in [5.41, 5.74) is 0.0487. The van der Waals surface area contributed by atoms with Crippen LogP contribution in [-0.4, -0.2) is 30.2 Å². The van der Waals surface area contributed by atoms with Crippen molar-refractivity contribution in [2.24, 2.45) is 0 Å². The van der Waals surface area contributed by atoms with Crippen molar-refractivity contribution in [3.05, 3.63) is 34.4 Å². The number of nitro groups is 1. The SMILES string of the molecule is COCC(=O)CSc1ccc([N+](=O)[O-])cc1. The van der Waals surface area contributed by atoms with Crippen molar-refractivity contribution in [1.29, 1.82) is 0 Å². The van der Waals surface area contributed by atoms with E-state index in [4.69, 9.17) is 4.74 Å². The summed E-state index contributed by atoms with van der Waals surface area (Å²) in [6.45, 7) is 0.0972. The Hall–Kier alpha value is -1.40. The maximum Gasteiger partial charge on any atom is 0.269 e. The molecule has 0 bridgehead atoms. The molecule has 0 N–H and O–H groups in total. The van der Waals surface area contributed by atoms with Crippen LogP contribution in [0.25, 0.3) is 0 Å². The van der Waals surface area contributed by atoms with Gasteiger partial charge in [0.25, 0.3) is 5.69 Å². The molecule has 16 heavy (non-hydrogen) atoms. The lowest BCUT2D eigenvalue weighted by atomic mass is 10.3. The molecule has 0 saturated carbocycles. The highest BCUT2D eigenvalue weighted by molar-refractivity contribution is 8.00. The fraction of sp³-hybridized carbons (Fsp3) is 0.300. The maximum absolute atomic E-state index is 11.1. The molecule has 5 nitrogen and oxygen atoms in total. The molecule has 0 saturated heterocycles. The van der Waals surface area contributed by atoms with E-state index in [0.717, 1.165) is 4.90 Å². The van der Waals surface area contributed by atoms with Crippen molar-refractivity contribution < 1.29 is 14.5 Å². The highest BCUT2D eigenvalue weighted by Gasteiger charge is 2.06. The second-order valence-electron chi connectivity index (χ2n) is 3.01. The maximum atomic E-state index is 11.1. The fourth-order valence-electron chi connectivity index (χ4n) is 1.03. The Labute approximate surface area is 96.9 Å². The van der Waals surface area contributed by atoms with Gasteiger partial charge < -0.3 is 4.74 Å². The molecule has 1 rings (SSSR count). The Morgan fingerprint density at radius 1 is 1.44 bits per heavy atom. The number of Topliss-reactive ketones (excluding diaryl/α,β-unsaturated/α-hetero) is 1. The quantitative estimate of drug-likeness (QED) is 0.432. The number of thioether (sulfide) groups is 1. The van der Waals surface area contributed by atoms with Crippen molar-refractivity contribution in [3.8, 4) is 0 Å². The van der Waals surface area contributed by atoms with E-state index in [9.17, 15) is 14.9 Å². The minimum atomic E-state index is -0.454. The van der Waals surface area contributed by atoms with Crippen LogP contribution in [0, 0.1) is 10.1 Å². The Kier molecular flexibility index (Phi) is 4.94. The summed E-state index contributed by atoms with van der Waals surface area (Å²) in [5, 5.41) is 10.4. The number of methoxy groups -OCH3 is 1. The van der Waals surface area contributed by atoms with Crippen molar-refractivity contribution in [2.75, 3.05) is 19.5 Å². The summed E-state index contributed by atoms with van der Waals surface area (Å²) in [5.74, 6) is 0.303. The number of nitro benzene ring substituents is 1. The molecule has 0 heterocycles. The largest absolute Gasteiger partial charge is 0.377 e. The number of benzene rings is 1. The summed E-state index contributed by atoms with van der Waals surface area (Å²) in [6, 6.07) is 6.10. The van der Waals surface area contributed by atoms with Crippen LogP contribution < -0.4 is 0 Å². The third-order valence-corrected chi connectivity index (χ3v) is 2.82. The molecule has 0 atom stereocenters. The van der Waals surface area contributed by atoms with Gasteiger partial charge in [-0.05, 0) is 12.1 Å². The molecule has 0 aromatic heterocycles. The molecular formula is C10H11NO4S. The summed E-state index contributed by atoms with van der Waals surface area (Å²) in [7, 11) is 1.47. The molecule has 1 aromatic carbocycles. The van der Waals surface area contributed by atoms with Gasteiger partial charge in [0.2, 0.25) is 0 Å². The Balaban J connectivity index is 2.49. The molecule has 0 aliphatic carbocycles. The van der Waals surface area contributed by atoms with Crippen LogP contribution in [0.1, 0.15) is 0 Å². The van der Waals surface area contributed by atoms with E-state index in [1.807, 2.05) is 0 Å².